The van der Waals surface area contributed by atoms with Crippen LogP contribution < -0.4 is 0 Å². The van der Waals surface area contributed by atoms with E-state index < -0.39 is 29.0 Å². The third-order valence-corrected chi connectivity index (χ3v) is 4.53. The number of para-hydroxylation sites is 1. The van der Waals surface area contributed by atoms with Gasteiger partial charge in [0.15, 0.2) is 17.3 Å². The average Bonchev–Trinajstić information content (AvgIpc) is 3.08. The van der Waals surface area contributed by atoms with Gasteiger partial charge in [0.1, 0.15) is 6.26 Å². The maximum Gasteiger partial charge on any atom is 0.372 e. The molecule has 0 saturated carbocycles. The number of carboxylic acids is 1. The minimum atomic E-state index is -1.39. The van der Waals surface area contributed by atoms with E-state index in [1.807, 2.05) is 12.1 Å². The van der Waals surface area contributed by atoms with Gasteiger partial charge in [0.25, 0.3) is 0 Å². The first-order valence-corrected chi connectivity index (χ1v) is 8.62. The first kappa shape index (κ1) is 19.2. The van der Waals surface area contributed by atoms with Crippen molar-refractivity contribution >= 4 is 11.8 Å². The quantitative estimate of drug-likeness (QED) is 0.451. The van der Waals surface area contributed by atoms with Crippen molar-refractivity contribution in [3.8, 4) is 22.6 Å². The van der Waals surface area contributed by atoms with Crippen LogP contribution in [0.2, 0.25) is 0 Å². The molecule has 0 spiro atoms. The van der Waals surface area contributed by atoms with Crippen LogP contribution in [0.15, 0.2) is 53.1 Å². The summed E-state index contributed by atoms with van der Waals surface area (Å²) in [6.07, 6.45) is 1.06. The molecule has 3 rings (SSSR count). The van der Waals surface area contributed by atoms with Gasteiger partial charge in [0.2, 0.25) is 5.76 Å². The molecule has 144 valence electrons. The number of aromatic hydroxyl groups is 2. The molecule has 0 bridgehead atoms. The van der Waals surface area contributed by atoms with Crippen molar-refractivity contribution in [1.82, 2.24) is 0 Å². The van der Waals surface area contributed by atoms with E-state index in [4.69, 9.17) is 4.42 Å². The Morgan fingerprint density at radius 3 is 2.18 bits per heavy atom. The third kappa shape index (κ3) is 3.36. The Balaban J connectivity index is 2.14. The van der Waals surface area contributed by atoms with Gasteiger partial charge >= 0.3 is 5.97 Å². The maximum absolute atomic E-state index is 13.0. The van der Waals surface area contributed by atoms with E-state index in [0.29, 0.717) is 5.56 Å². The molecule has 0 amide bonds. The Labute approximate surface area is 161 Å². The van der Waals surface area contributed by atoms with Gasteiger partial charge in [-0.15, -0.1) is 0 Å². The first-order valence-electron chi connectivity index (χ1n) is 8.62. The molecule has 0 atom stereocenters. The molecule has 0 fully saturated rings. The van der Waals surface area contributed by atoms with Crippen LogP contribution in [0.4, 0.5) is 0 Å². The van der Waals surface area contributed by atoms with Crippen molar-refractivity contribution in [2.24, 2.45) is 0 Å². The van der Waals surface area contributed by atoms with Crippen LogP contribution in [0.5, 0.6) is 11.5 Å². The third-order valence-electron chi connectivity index (χ3n) is 4.53. The van der Waals surface area contributed by atoms with Crippen molar-refractivity contribution in [2.75, 3.05) is 0 Å². The number of ketones is 1. The van der Waals surface area contributed by atoms with Crippen LogP contribution in [0.3, 0.4) is 0 Å². The molecule has 0 aliphatic rings. The number of phenols is 2. The summed E-state index contributed by atoms with van der Waals surface area (Å²) in [6, 6.07) is 11.1. The summed E-state index contributed by atoms with van der Waals surface area (Å²) in [6.45, 7) is 6.17. The van der Waals surface area contributed by atoms with Crippen molar-refractivity contribution < 1.29 is 29.3 Å². The monoisotopic (exact) mass is 380 g/mol. The highest BCUT2D eigenvalue weighted by Crippen LogP contribution is 2.41. The Morgan fingerprint density at radius 2 is 1.61 bits per heavy atom. The molecule has 0 aliphatic heterocycles. The molecular weight excluding hydrogens is 360 g/mol. The van der Waals surface area contributed by atoms with Gasteiger partial charge in [-0.05, 0) is 17.0 Å². The van der Waals surface area contributed by atoms with Gasteiger partial charge in [0.05, 0.1) is 11.1 Å². The first-order chi connectivity index (χ1) is 13.1. The van der Waals surface area contributed by atoms with E-state index in [0.717, 1.165) is 11.8 Å². The molecule has 0 radical (unpaired) electrons. The molecule has 3 aromatic rings. The predicted octanol–water partition coefficient (Wildman–Crippen LogP) is 4.58. The zero-order valence-electron chi connectivity index (χ0n) is 15.7. The highest BCUT2D eigenvalue weighted by molar-refractivity contribution is 6.15. The molecule has 6 nitrogen and oxygen atoms in total. The minimum absolute atomic E-state index is 0.000752. The maximum atomic E-state index is 13.0. The number of carboxylic acid groups (broad SMARTS) is 1. The summed E-state index contributed by atoms with van der Waals surface area (Å²) in [7, 11) is 0. The summed E-state index contributed by atoms with van der Waals surface area (Å²) < 4.78 is 5.11. The second-order valence-electron chi connectivity index (χ2n) is 7.49. The number of carbonyl (C=O) groups excluding carboxylic acids is 1. The van der Waals surface area contributed by atoms with Crippen molar-refractivity contribution in [3.05, 3.63) is 71.2 Å². The SMILES string of the molecule is CC(C)(C)c1ccc(C(=O)c2coc(C(=O)O)c2-c2cccc(O)c2O)cc1. The van der Waals surface area contributed by atoms with Crippen LogP contribution >= 0.6 is 0 Å². The summed E-state index contributed by atoms with van der Waals surface area (Å²) in [5.74, 6) is -3.28. The number of phenolic OH excluding ortho intramolecular Hbond substituents is 2. The molecule has 0 aliphatic carbocycles. The molecule has 3 N–H and O–H groups in total. The number of hydrogen-bond acceptors (Lipinski definition) is 5. The van der Waals surface area contributed by atoms with Gasteiger partial charge in [-0.2, -0.15) is 0 Å². The number of rotatable bonds is 4. The van der Waals surface area contributed by atoms with Crippen LogP contribution in [0.1, 0.15) is 52.8 Å². The zero-order valence-corrected chi connectivity index (χ0v) is 15.7. The smallest absolute Gasteiger partial charge is 0.372 e. The molecule has 6 heteroatoms. The lowest BCUT2D eigenvalue weighted by atomic mass is 9.86. The normalized spacial score (nSPS) is 11.4. The number of benzene rings is 2. The van der Waals surface area contributed by atoms with E-state index >= 15 is 0 Å². The van der Waals surface area contributed by atoms with Crippen molar-refractivity contribution in [1.29, 1.82) is 0 Å². The molecule has 1 aromatic heterocycles. The predicted molar refractivity (Wildman–Crippen MR) is 103 cm³/mol. The molecular formula is C22H20O6. The second kappa shape index (κ2) is 6.88. The van der Waals surface area contributed by atoms with Crippen LogP contribution in [0.25, 0.3) is 11.1 Å². The Morgan fingerprint density at radius 1 is 0.964 bits per heavy atom. The fraction of sp³-hybridized carbons (Fsp3) is 0.182. The molecule has 0 unspecified atom stereocenters. The van der Waals surface area contributed by atoms with Crippen molar-refractivity contribution in [2.45, 2.75) is 26.2 Å². The largest absolute Gasteiger partial charge is 0.504 e. The van der Waals surface area contributed by atoms with Crippen molar-refractivity contribution in [3.63, 3.8) is 0 Å². The lowest BCUT2D eigenvalue weighted by Gasteiger charge is -2.19. The number of furan rings is 1. The van der Waals surface area contributed by atoms with E-state index in [9.17, 15) is 24.9 Å². The van der Waals surface area contributed by atoms with Crippen LogP contribution in [0, 0.1) is 0 Å². The molecule has 1 heterocycles. The highest BCUT2D eigenvalue weighted by Gasteiger charge is 2.28. The number of hydrogen-bond donors (Lipinski definition) is 3. The molecule has 0 saturated heterocycles. The van der Waals surface area contributed by atoms with E-state index in [1.165, 1.54) is 18.2 Å². The lowest BCUT2D eigenvalue weighted by molar-refractivity contribution is 0.0663. The summed E-state index contributed by atoms with van der Waals surface area (Å²) >= 11 is 0. The summed E-state index contributed by atoms with van der Waals surface area (Å²) in [5.41, 5.74) is 1.24. The molecule has 28 heavy (non-hydrogen) atoms. The number of aromatic carboxylic acids is 1. The Bertz CT molecular complexity index is 1050. The topological polar surface area (TPSA) is 108 Å². The van der Waals surface area contributed by atoms with E-state index in [1.54, 1.807) is 12.1 Å². The lowest BCUT2D eigenvalue weighted by Crippen LogP contribution is -2.11. The Hall–Kier alpha value is -3.54. The average molecular weight is 380 g/mol. The van der Waals surface area contributed by atoms with E-state index in [2.05, 4.69) is 20.8 Å². The van der Waals surface area contributed by atoms with Gasteiger partial charge in [-0.25, -0.2) is 4.79 Å². The zero-order chi connectivity index (χ0) is 20.6. The van der Waals surface area contributed by atoms with Gasteiger partial charge in [0, 0.05) is 11.1 Å². The minimum Gasteiger partial charge on any atom is -0.504 e. The van der Waals surface area contributed by atoms with Gasteiger partial charge in [-0.1, -0.05) is 57.2 Å². The summed E-state index contributed by atoms with van der Waals surface area (Å²) in [4.78, 5) is 24.6. The highest BCUT2D eigenvalue weighted by atomic mass is 16.4. The fourth-order valence-corrected chi connectivity index (χ4v) is 2.96. The standard InChI is InChI=1S/C22H20O6/c1-22(2,3)13-9-7-12(8-10-13)18(24)15-11-28-20(21(26)27)17(15)14-5-4-6-16(23)19(14)25/h4-11,23,25H,1-3H3,(H,26,27). The summed E-state index contributed by atoms with van der Waals surface area (Å²) in [5, 5.41) is 29.4. The second-order valence-corrected chi connectivity index (χ2v) is 7.49. The van der Waals surface area contributed by atoms with Gasteiger partial charge in [-0.3, -0.25) is 4.79 Å². The fourth-order valence-electron chi connectivity index (χ4n) is 2.96. The van der Waals surface area contributed by atoms with Crippen LogP contribution in [-0.4, -0.2) is 27.1 Å². The molecule has 2 aromatic carbocycles. The number of carbonyl (C=O) groups is 2. The van der Waals surface area contributed by atoms with Crippen LogP contribution in [-0.2, 0) is 5.41 Å². The van der Waals surface area contributed by atoms with E-state index in [-0.39, 0.29) is 22.1 Å². The Kier molecular flexibility index (Phi) is 4.73. The van der Waals surface area contributed by atoms with Gasteiger partial charge < -0.3 is 19.7 Å².